The smallest absolute Gasteiger partial charge is 0.269 e. The van der Waals surface area contributed by atoms with Crippen LogP contribution in [0.3, 0.4) is 0 Å². The normalized spacial score (nSPS) is 11.6. The van der Waals surface area contributed by atoms with Crippen LogP contribution in [0.1, 0.15) is 37.0 Å². The van der Waals surface area contributed by atoms with E-state index in [1.54, 1.807) is 18.2 Å². The van der Waals surface area contributed by atoms with E-state index in [1.807, 2.05) is 5.38 Å². The van der Waals surface area contributed by atoms with Crippen LogP contribution in [0, 0.1) is 10.1 Å². The van der Waals surface area contributed by atoms with E-state index in [9.17, 15) is 14.9 Å². The molecular weight excluding hydrogens is 326 g/mol. The second-order valence-corrected chi connectivity index (χ2v) is 7.22. The molecule has 0 spiro atoms. The molecule has 0 unspecified atom stereocenters. The highest BCUT2D eigenvalue weighted by Gasteiger charge is 2.17. The summed E-state index contributed by atoms with van der Waals surface area (Å²) < 4.78 is 0. The van der Waals surface area contributed by atoms with Crippen molar-refractivity contribution in [3.8, 4) is 0 Å². The number of amides is 1. The number of hydrogen-bond acceptors (Lipinski definition) is 5. The summed E-state index contributed by atoms with van der Waals surface area (Å²) in [5.74, 6) is -0.235. The number of rotatable bonds is 5. The van der Waals surface area contributed by atoms with E-state index in [0.717, 1.165) is 16.3 Å². The number of nitrogens with zero attached hydrogens (tertiary/aromatic N) is 2. The third-order valence-corrected chi connectivity index (χ3v) is 4.11. The molecule has 0 radical (unpaired) electrons. The maximum absolute atomic E-state index is 11.8. The van der Waals surface area contributed by atoms with Crippen molar-refractivity contribution in [2.45, 2.75) is 32.7 Å². The average Bonchev–Trinajstić information content (AvgIpc) is 3.00. The Morgan fingerprint density at radius 2 is 2.00 bits per heavy atom. The maximum Gasteiger partial charge on any atom is 0.269 e. The van der Waals surface area contributed by atoms with Crippen molar-refractivity contribution in [3.05, 3.63) is 62.1 Å². The highest BCUT2D eigenvalue weighted by Crippen LogP contribution is 2.23. The zero-order valence-corrected chi connectivity index (χ0v) is 14.6. The first-order valence-electron chi connectivity index (χ1n) is 7.41. The molecular formula is C17H19N3O3S. The standard InChI is InChI=1S/C17H19N3O3S/c1-17(2,3)14-11-24-16(19-14)10-18-15(21)9-6-12-4-7-13(8-5-12)20(22)23/h4-9,11H,10H2,1-3H3,(H,18,21)/b9-6+. The largest absolute Gasteiger partial charge is 0.346 e. The van der Waals surface area contributed by atoms with E-state index in [4.69, 9.17) is 0 Å². The summed E-state index contributed by atoms with van der Waals surface area (Å²) in [5.41, 5.74) is 1.75. The van der Waals surface area contributed by atoms with Gasteiger partial charge in [-0.3, -0.25) is 14.9 Å². The molecule has 2 aromatic rings. The number of carbonyl (C=O) groups excluding carboxylic acids is 1. The highest BCUT2D eigenvalue weighted by molar-refractivity contribution is 7.09. The molecule has 1 amide bonds. The molecule has 0 saturated heterocycles. The van der Waals surface area contributed by atoms with Crippen LogP contribution in [0.25, 0.3) is 6.08 Å². The summed E-state index contributed by atoms with van der Waals surface area (Å²) in [6.07, 6.45) is 3.01. The molecule has 1 N–H and O–H groups in total. The number of aromatic nitrogens is 1. The van der Waals surface area contributed by atoms with Gasteiger partial charge in [-0.25, -0.2) is 4.98 Å². The van der Waals surface area contributed by atoms with E-state index in [2.05, 4.69) is 31.1 Å². The van der Waals surface area contributed by atoms with Crippen LogP contribution >= 0.6 is 11.3 Å². The number of hydrogen-bond donors (Lipinski definition) is 1. The van der Waals surface area contributed by atoms with Crippen LogP contribution in [-0.4, -0.2) is 15.8 Å². The lowest BCUT2D eigenvalue weighted by Crippen LogP contribution is -2.20. The topological polar surface area (TPSA) is 85.1 Å². The monoisotopic (exact) mass is 345 g/mol. The van der Waals surface area contributed by atoms with E-state index in [1.165, 1.54) is 29.5 Å². The number of benzene rings is 1. The summed E-state index contributed by atoms with van der Waals surface area (Å²) in [6, 6.07) is 6.00. The molecule has 24 heavy (non-hydrogen) atoms. The van der Waals surface area contributed by atoms with Gasteiger partial charge in [-0.15, -0.1) is 11.3 Å². The molecule has 2 rings (SSSR count). The Kier molecular flexibility index (Phi) is 5.46. The van der Waals surface area contributed by atoms with Gasteiger partial charge >= 0.3 is 0 Å². The zero-order valence-electron chi connectivity index (χ0n) is 13.8. The van der Waals surface area contributed by atoms with Crippen molar-refractivity contribution in [2.75, 3.05) is 0 Å². The minimum Gasteiger partial charge on any atom is -0.346 e. The zero-order chi connectivity index (χ0) is 17.7. The molecule has 1 aromatic carbocycles. The Morgan fingerprint density at radius 1 is 1.33 bits per heavy atom. The predicted octanol–water partition coefficient (Wildman–Crippen LogP) is 3.68. The Hall–Kier alpha value is -2.54. The van der Waals surface area contributed by atoms with E-state index >= 15 is 0 Å². The fraction of sp³-hybridized carbons (Fsp3) is 0.294. The molecule has 7 heteroatoms. The van der Waals surface area contributed by atoms with Gasteiger partial charge < -0.3 is 5.32 Å². The number of nitrogens with one attached hydrogen (secondary N) is 1. The van der Waals surface area contributed by atoms with Crippen molar-refractivity contribution < 1.29 is 9.72 Å². The summed E-state index contributed by atoms with van der Waals surface area (Å²) in [4.78, 5) is 26.5. The number of thiazole rings is 1. The van der Waals surface area contributed by atoms with Crippen LogP contribution in [0.5, 0.6) is 0 Å². The maximum atomic E-state index is 11.8. The van der Waals surface area contributed by atoms with Crippen molar-refractivity contribution in [3.63, 3.8) is 0 Å². The summed E-state index contributed by atoms with van der Waals surface area (Å²) in [5, 5.41) is 16.2. The predicted molar refractivity (Wildman–Crippen MR) is 94.8 cm³/mol. The fourth-order valence-electron chi connectivity index (χ4n) is 1.84. The molecule has 0 saturated carbocycles. The van der Waals surface area contributed by atoms with Gasteiger partial charge in [-0.05, 0) is 23.8 Å². The van der Waals surface area contributed by atoms with Gasteiger partial charge in [0.2, 0.25) is 5.91 Å². The first-order chi connectivity index (χ1) is 11.3. The third kappa shape index (κ3) is 4.99. The minimum absolute atomic E-state index is 0.00537. The molecule has 1 heterocycles. The van der Waals surface area contributed by atoms with Crippen LogP contribution in [-0.2, 0) is 16.8 Å². The first-order valence-corrected chi connectivity index (χ1v) is 8.29. The van der Waals surface area contributed by atoms with Crippen LogP contribution < -0.4 is 5.32 Å². The second kappa shape index (κ2) is 7.35. The third-order valence-electron chi connectivity index (χ3n) is 3.27. The van der Waals surface area contributed by atoms with Crippen molar-refractivity contribution in [1.82, 2.24) is 10.3 Å². The molecule has 0 bridgehead atoms. The lowest BCUT2D eigenvalue weighted by Gasteiger charge is -2.14. The van der Waals surface area contributed by atoms with Crippen molar-refractivity contribution in [1.29, 1.82) is 0 Å². The lowest BCUT2D eigenvalue weighted by atomic mass is 9.93. The van der Waals surface area contributed by atoms with Crippen LogP contribution in [0.4, 0.5) is 5.69 Å². The summed E-state index contributed by atoms with van der Waals surface area (Å²) >= 11 is 1.52. The first kappa shape index (κ1) is 17.8. The van der Waals surface area contributed by atoms with Gasteiger partial charge in [0, 0.05) is 29.0 Å². The van der Waals surface area contributed by atoms with Gasteiger partial charge in [0.1, 0.15) is 5.01 Å². The van der Waals surface area contributed by atoms with Crippen LogP contribution in [0.15, 0.2) is 35.7 Å². The Morgan fingerprint density at radius 3 is 2.54 bits per heavy atom. The number of nitro benzene ring substituents is 1. The van der Waals surface area contributed by atoms with Gasteiger partial charge in [0.15, 0.2) is 0 Å². The minimum atomic E-state index is -0.458. The number of nitro groups is 1. The fourth-order valence-corrected chi connectivity index (χ4v) is 2.80. The Labute approximate surface area is 144 Å². The van der Waals surface area contributed by atoms with Gasteiger partial charge in [-0.1, -0.05) is 20.8 Å². The lowest BCUT2D eigenvalue weighted by molar-refractivity contribution is -0.384. The molecule has 126 valence electrons. The molecule has 0 fully saturated rings. The highest BCUT2D eigenvalue weighted by atomic mass is 32.1. The average molecular weight is 345 g/mol. The van der Waals surface area contributed by atoms with Gasteiger partial charge in [0.25, 0.3) is 5.69 Å². The number of carbonyl (C=O) groups is 1. The summed E-state index contributed by atoms with van der Waals surface area (Å²) in [7, 11) is 0. The van der Waals surface area contributed by atoms with E-state index in [0.29, 0.717) is 6.54 Å². The molecule has 6 nitrogen and oxygen atoms in total. The van der Waals surface area contributed by atoms with Gasteiger partial charge in [-0.2, -0.15) is 0 Å². The molecule has 0 aliphatic rings. The molecule has 1 aromatic heterocycles. The van der Waals surface area contributed by atoms with E-state index in [-0.39, 0.29) is 17.0 Å². The van der Waals surface area contributed by atoms with Crippen molar-refractivity contribution in [2.24, 2.45) is 0 Å². The summed E-state index contributed by atoms with van der Waals surface area (Å²) in [6.45, 7) is 6.66. The Bertz CT molecular complexity index is 758. The quantitative estimate of drug-likeness (QED) is 0.509. The van der Waals surface area contributed by atoms with Crippen LogP contribution in [0.2, 0.25) is 0 Å². The second-order valence-electron chi connectivity index (χ2n) is 6.28. The Balaban J connectivity index is 1.88. The van der Waals surface area contributed by atoms with Crippen molar-refractivity contribution >= 4 is 29.0 Å². The number of non-ortho nitro benzene ring substituents is 1. The SMILES string of the molecule is CC(C)(C)c1csc(CNC(=O)/C=C/c2ccc([N+](=O)[O-])cc2)n1. The van der Waals surface area contributed by atoms with Gasteiger partial charge in [0.05, 0.1) is 17.2 Å². The molecule has 0 aliphatic carbocycles. The van der Waals surface area contributed by atoms with E-state index < -0.39 is 4.92 Å². The molecule has 0 atom stereocenters. The molecule has 0 aliphatic heterocycles.